The first-order valence-corrected chi connectivity index (χ1v) is 6.92. The van der Waals surface area contributed by atoms with Gasteiger partial charge in [-0.15, -0.1) is 0 Å². The number of rotatable bonds is 8. The van der Waals surface area contributed by atoms with E-state index in [1.165, 1.54) is 0 Å². The zero-order valence-corrected chi connectivity index (χ0v) is 12.8. The van der Waals surface area contributed by atoms with Crippen molar-refractivity contribution in [2.45, 2.75) is 53.4 Å². The fourth-order valence-electron chi connectivity index (χ4n) is 1.83. The smallest absolute Gasteiger partial charge is 0.321 e. The van der Waals surface area contributed by atoms with Gasteiger partial charge in [-0.3, -0.25) is 14.9 Å². The van der Waals surface area contributed by atoms with E-state index in [1.54, 1.807) is 13.8 Å². The van der Waals surface area contributed by atoms with Gasteiger partial charge in [0.2, 0.25) is 5.91 Å². The Morgan fingerprint density at radius 3 is 2.25 bits per heavy atom. The summed E-state index contributed by atoms with van der Waals surface area (Å²) < 4.78 is 0. The molecule has 0 aliphatic rings. The summed E-state index contributed by atoms with van der Waals surface area (Å²) in [5.74, 6) is -0.836. The van der Waals surface area contributed by atoms with Crippen LogP contribution in [-0.4, -0.2) is 29.6 Å². The highest BCUT2D eigenvalue weighted by molar-refractivity contribution is 5.94. The maximum Gasteiger partial charge on any atom is 0.321 e. The lowest BCUT2D eigenvalue weighted by atomic mass is 9.85. The van der Waals surface area contributed by atoms with E-state index in [0.29, 0.717) is 12.5 Å². The molecule has 0 radical (unpaired) electrons. The second-order valence-corrected chi connectivity index (χ2v) is 6.25. The van der Waals surface area contributed by atoms with Crippen LogP contribution in [-0.2, 0) is 9.59 Å². The number of nitrogens with one attached hydrogen (secondary N) is 2. The molecule has 0 aromatic rings. The second kappa shape index (κ2) is 8.55. The molecule has 0 spiro atoms. The number of urea groups is 1. The molecule has 0 aliphatic carbocycles. The number of hydrogen-bond donors (Lipinski definition) is 3. The standard InChI is InChI=1S/C14H26N2O4/c1-10(2)6-5-7-15-13(20)16-11(17)8-14(3,4)9-12(18)19/h10H,5-9H2,1-4H3,(H,18,19)(H2,15,16,17,20). The molecule has 20 heavy (non-hydrogen) atoms. The van der Waals surface area contributed by atoms with Crippen LogP contribution in [0.5, 0.6) is 0 Å². The Bertz CT molecular complexity index is 351. The van der Waals surface area contributed by atoms with E-state index in [2.05, 4.69) is 24.5 Å². The fraction of sp³-hybridized carbons (Fsp3) is 0.786. The number of carboxylic acids is 1. The van der Waals surface area contributed by atoms with Gasteiger partial charge < -0.3 is 10.4 Å². The van der Waals surface area contributed by atoms with E-state index >= 15 is 0 Å². The van der Waals surface area contributed by atoms with Crippen LogP contribution in [0, 0.1) is 11.3 Å². The maximum atomic E-state index is 11.6. The highest BCUT2D eigenvalue weighted by Gasteiger charge is 2.25. The lowest BCUT2D eigenvalue weighted by molar-refractivity contribution is -0.139. The van der Waals surface area contributed by atoms with Gasteiger partial charge in [-0.2, -0.15) is 0 Å². The molecule has 3 N–H and O–H groups in total. The van der Waals surface area contributed by atoms with Crippen molar-refractivity contribution < 1.29 is 19.5 Å². The first kappa shape index (κ1) is 18.4. The van der Waals surface area contributed by atoms with Gasteiger partial charge in [0.1, 0.15) is 0 Å². The summed E-state index contributed by atoms with van der Waals surface area (Å²) in [6.45, 7) is 8.10. The van der Waals surface area contributed by atoms with Crippen LogP contribution in [0.3, 0.4) is 0 Å². The van der Waals surface area contributed by atoms with Gasteiger partial charge in [0.05, 0.1) is 6.42 Å². The van der Waals surface area contributed by atoms with Crippen molar-refractivity contribution in [1.82, 2.24) is 10.6 Å². The number of carbonyl (C=O) groups is 3. The van der Waals surface area contributed by atoms with E-state index in [4.69, 9.17) is 5.11 Å². The van der Waals surface area contributed by atoms with Crippen LogP contribution < -0.4 is 10.6 Å². The van der Waals surface area contributed by atoms with Gasteiger partial charge in [0.15, 0.2) is 0 Å². The van der Waals surface area contributed by atoms with Crippen LogP contribution in [0.25, 0.3) is 0 Å². The van der Waals surface area contributed by atoms with Gasteiger partial charge >= 0.3 is 12.0 Å². The summed E-state index contributed by atoms with van der Waals surface area (Å²) in [4.78, 5) is 33.7. The molecule has 0 fully saturated rings. The molecule has 0 aliphatic heterocycles. The summed E-state index contributed by atoms with van der Waals surface area (Å²) in [5, 5.41) is 13.5. The van der Waals surface area contributed by atoms with Crippen LogP contribution in [0.1, 0.15) is 53.4 Å². The zero-order chi connectivity index (χ0) is 15.8. The van der Waals surface area contributed by atoms with Crippen molar-refractivity contribution in [2.24, 2.45) is 11.3 Å². The third-order valence-electron chi connectivity index (χ3n) is 2.77. The van der Waals surface area contributed by atoms with E-state index in [9.17, 15) is 14.4 Å². The molecule has 0 saturated heterocycles. The Kier molecular flexibility index (Phi) is 7.87. The maximum absolute atomic E-state index is 11.6. The largest absolute Gasteiger partial charge is 0.481 e. The first-order chi connectivity index (χ1) is 9.12. The average Bonchev–Trinajstić information content (AvgIpc) is 2.20. The first-order valence-electron chi connectivity index (χ1n) is 6.92. The normalized spacial score (nSPS) is 11.2. The van der Waals surface area contributed by atoms with Gasteiger partial charge in [-0.1, -0.05) is 27.7 Å². The van der Waals surface area contributed by atoms with E-state index in [1.807, 2.05) is 0 Å². The topological polar surface area (TPSA) is 95.5 Å². The molecular formula is C14H26N2O4. The third kappa shape index (κ3) is 10.3. The summed E-state index contributed by atoms with van der Waals surface area (Å²) >= 11 is 0. The van der Waals surface area contributed by atoms with E-state index in [0.717, 1.165) is 12.8 Å². The molecule has 0 atom stereocenters. The number of amides is 3. The Balaban J connectivity index is 3.96. The molecule has 116 valence electrons. The minimum atomic E-state index is -0.957. The van der Waals surface area contributed by atoms with Crippen LogP contribution in [0.2, 0.25) is 0 Å². The summed E-state index contributed by atoms with van der Waals surface area (Å²) in [6, 6.07) is -0.523. The quantitative estimate of drug-likeness (QED) is 0.596. The van der Waals surface area contributed by atoms with Crippen molar-refractivity contribution in [3.8, 4) is 0 Å². The predicted octanol–water partition coefficient (Wildman–Crippen LogP) is 2.14. The highest BCUT2D eigenvalue weighted by Crippen LogP contribution is 2.24. The number of carbonyl (C=O) groups excluding carboxylic acids is 2. The van der Waals surface area contributed by atoms with Crippen molar-refractivity contribution in [1.29, 1.82) is 0 Å². The molecule has 0 aromatic carbocycles. The average molecular weight is 286 g/mol. The molecule has 0 unspecified atom stereocenters. The van der Waals surface area contributed by atoms with Crippen molar-refractivity contribution in [3.05, 3.63) is 0 Å². The third-order valence-corrected chi connectivity index (χ3v) is 2.77. The van der Waals surface area contributed by atoms with Gasteiger partial charge in [-0.25, -0.2) is 4.79 Å². The molecule has 3 amide bonds. The lowest BCUT2D eigenvalue weighted by Crippen LogP contribution is -2.41. The minimum Gasteiger partial charge on any atom is -0.481 e. The number of carboxylic acid groups (broad SMARTS) is 1. The molecular weight excluding hydrogens is 260 g/mol. The van der Waals surface area contributed by atoms with Crippen LogP contribution >= 0.6 is 0 Å². The van der Waals surface area contributed by atoms with E-state index in [-0.39, 0.29) is 12.8 Å². The van der Waals surface area contributed by atoms with Gasteiger partial charge in [0.25, 0.3) is 0 Å². The van der Waals surface area contributed by atoms with E-state index < -0.39 is 23.3 Å². The van der Waals surface area contributed by atoms with Crippen molar-refractivity contribution >= 4 is 17.9 Å². The monoisotopic (exact) mass is 286 g/mol. The predicted molar refractivity (Wildman–Crippen MR) is 76.3 cm³/mol. The summed E-state index contributed by atoms with van der Waals surface area (Å²) in [6.07, 6.45) is 1.76. The van der Waals surface area contributed by atoms with Crippen LogP contribution in [0.15, 0.2) is 0 Å². The Morgan fingerprint density at radius 1 is 1.15 bits per heavy atom. The van der Waals surface area contributed by atoms with Gasteiger partial charge in [-0.05, 0) is 24.2 Å². The number of hydrogen-bond acceptors (Lipinski definition) is 3. The second-order valence-electron chi connectivity index (χ2n) is 6.25. The summed E-state index contributed by atoms with van der Waals surface area (Å²) in [7, 11) is 0. The van der Waals surface area contributed by atoms with Gasteiger partial charge in [0, 0.05) is 13.0 Å². The molecule has 0 saturated carbocycles. The number of aliphatic carboxylic acids is 1. The molecule has 0 aromatic heterocycles. The molecule has 0 bridgehead atoms. The SMILES string of the molecule is CC(C)CCCNC(=O)NC(=O)CC(C)(C)CC(=O)O. The Hall–Kier alpha value is -1.59. The lowest BCUT2D eigenvalue weighted by Gasteiger charge is -2.21. The zero-order valence-electron chi connectivity index (χ0n) is 12.8. The van der Waals surface area contributed by atoms with Crippen molar-refractivity contribution in [2.75, 3.05) is 6.54 Å². The molecule has 0 heterocycles. The number of imide groups is 1. The summed E-state index contributed by atoms with van der Waals surface area (Å²) in [5.41, 5.74) is -0.673. The highest BCUT2D eigenvalue weighted by atomic mass is 16.4. The minimum absolute atomic E-state index is 0.00128. The van der Waals surface area contributed by atoms with Crippen molar-refractivity contribution in [3.63, 3.8) is 0 Å². The molecule has 6 nitrogen and oxygen atoms in total. The molecule has 0 rings (SSSR count). The Morgan fingerprint density at radius 2 is 1.75 bits per heavy atom. The molecule has 6 heteroatoms. The van der Waals surface area contributed by atoms with Crippen LogP contribution in [0.4, 0.5) is 4.79 Å². The fourth-order valence-corrected chi connectivity index (χ4v) is 1.83. The Labute approximate surface area is 120 Å².